The van der Waals surface area contributed by atoms with Crippen molar-refractivity contribution in [2.45, 2.75) is 51.1 Å². The van der Waals surface area contributed by atoms with Crippen LogP contribution < -0.4 is 11.1 Å². The van der Waals surface area contributed by atoms with Crippen molar-refractivity contribution in [2.24, 2.45) is 5.73 Å². The monoisotopic (exact) mass is 170 g/mol. The fourth-order valence-electron chi connectivity index (χ4n) is 0.963. The van der Waals surface area contributed by atoms with E-state index < -0.39 is 0 Å². The second kappa shape index (κ2) is 3.44. The van der Waals surface area contributed by atoms with E-state index in [2.05, 4.69) is 5.32 Å². The smallest absolute Gasteiger partial charge is 0.220 e. The molecule has 0 heterocycles. The molecular formula is C9H18N2O. The Bertz CT molecular complexity index is 168. The molecule has 1 amide bonds. The topological polar surface area (TPSA) is 55.1 Å². The minimum absolute atomic E-state index is 0.149. The largest absolute Gasteiger partial charge is 0.353 e. The highest BCUT2D eigenvalue weighted by atomic mass is 16.1. The SMILES string of the molecule is CC(C)(N)CCC(=O)NC1CC1. The first kappa shape index (κ1) is 9.52. The Morgan fingerprint density at radius 3 is 2.58 bits per heavy atom. The van der Waals surface area contributed by atoms with Gasteiger partial charge in [-0.05, 0) is 33.1 Å². The summed E-state index contributed by atoms with van der Waals surface area (Å²) in [5.41, 5.74) is 5.53. The molecule has 0 aliphatic heterocycles. The second-order valence-corrected chi connectivity index (χ2v) is 4.33. The molecule has 0 aromatic heterocycles. The maximum Gasteiger partial charge on any atom is 0.220 e. The summed E-state index contributed by atoms with van der Waals surface area (Å²) in [6.07, 6.45) is 3.61. The van der Waals surface area contributed by atoms with Gasteiger partial charge in [-0.3, -0.25) is 4.79 Å². The molecule has 0 spiro atoms. The first-order valence-corrected chi connectivity index (χ1v) is 4.56. The van der Waals surface area contributed by atoms with Gasteiger partial charge in [0.05, 0.1) is 0 Å². The molecule has 1 saturated carbocycles. The van der Waals surface area contributed by atoms with Crippen LogP contribution in [0.4, 0.5) is 0 Å². The number of hydrogen-bond acceptors (Lipinski definition) is 2. The van der Waals surface area contributed by atoms with Crippen LogP contribution in [0.1, 0.15) is 39.5 Å². The molecule has 3 nitrogen and oxygen atoms in total. The van der Waals surface area contributed by atoms with E-state index in [1.165, 1.54) is 0 Å². The standard InChI is InChI=1S/C9H18N2O/c1-9(2,10)6-5-8(12)11-7-3-4-7/h7H,3-6,10H2,1-2H3,(H,11,12). The maximum absolute atomic E-state index is 11.2. The first-order chi connectivity index (χ1) is 5.47. The van der Waals surface area contributed by atoms with Gasteiger partial charge in [-0.15, -0.1) is 0 Å². The molecule has 0 unspecified atom stereocenters. The van der Waals surface area contributed by atoms with Gasteiger partial charge in [0, 0.05) is 18.0 Å². The van der Waals surface area contributed by atoms with Crippen LogP contribution in [0.5, 0.6) is 0 Å². The van der Waals surface area contributed by atoms with E-state index in [1.54, 1.807) is 0 Å². The van der Waals surface area contributed by atoms with Gasteiger partial charge >= 0.3 is 0 Å². The maximum atomic E-state index is 11.2. The average molecular weight is 170 g/mol. The summed E-state index contributed by atoms with van der Waals surface area (Å²) in [7, 11) is 0. The van der Waals surface area contributed by atoms with Gasteiger partial charge in [0.15, 0.2) is 0 Å². The molecule has 1 fully saturated rings. The summed E-state index contributed by atoms with van der Waals surface area (Å²) in [5, 5.41) is 2.93. The Morgan fingerprint density at radius 2 is 2.17 bits per heavy atom. The summed E-state index contributed by atoms with van der Waals surface area (Å²) < 4.78 is 0. The molecule has 3 N–H and O–H groups in total. The van der Waals surface area contributed by atoms with Crippen LogP contribution in [0.15, 0.2) is 0 Å². The molecule has 0 aromatic rings. The predicted octanol–water partition coefficient (Wildman–Crippen LogP) is 0.782. The molecule has 0 saturated heterocycles. The van der Waals surface area contributed by atoms with Gasteiger partial charge in [0.25, 0.3) is 0 Å². The molecule has 1 aliphatic rings. The average Bonchev–Trinajstić information content (AvgIpc) is 2.66. The van der Waals surface area contributed by atoms with E-state index in [1.807, 2.05) is 13.8 Å². The lowest BCUT2D eigenvalue weighted by Gasteiger charge is -2.17. The molecule has 0 aromatic carbocycles. The Balaban J connectivity index is 2.09. The molecule has 0 radical (unpaired) electrons. The number of rotatable bonds is 4. The third kappa shape index (κ3) is 4.34. The molecule has 70 valence electrons. The van der Waals surface area contributed by atoms with Gasteiger partial charge in [-0.25, -0.2) is 0 Å². The summed E-state index contributed by atoms with van der Waals surface area (Å²) in [5.74, 6) is 0.149. The van der Waals surface area contributed by atoms with Crippen LogP contribution in [0.3, 0.4) is 0 Å². The van der Waals surface area contributed by atoms with Crippen LogP contribution in [0, 0.1) is 0 Å². The Labute approximate surface area is 73.7 Å². The zero-order chi connectivity index (χ0) is 9.19. The molecule has 1 aliphatic carbocycles. The van der Waals surface area contributed by atoms with Crippen LogP contribution >= 0.6 is 0 Å². The molecule has 12 heavy (non-hydrogen) atoms. The molecule has 3 heteroatoms. The van der Waals surface area contributed by atoms with Crippen molar-refractivity contribution in [2.75, 3.05) is 0 Å². The molecule has 0 bridgehead atoms. The molecular weight excluding hydrogens is 152 g/mol. The minimum atomic E-state index is -0.221. The number of carbonyl (C=O) groups excluding carboxylic acids is 1. The van der Waals surface area contributed by atoms with E-state index in [4.69, 9.17) is 5.73 Å². The minimum Gasteiger partial charge on any atom is -0.353 e. The number of carbonyl (C=O) groups is 1. The van der Waals surface area contributed by atoms with Gasteiger partial charge in [0.1, 0.15) is 0 Å². The lowest BCUT2D eigenvalue weighted by atomic mass is 10.00. The Kier molecular flexibility index (Phi) is 2.73. The third-order valence-electron chi connectivity index (χ3n) is 1.94. The van der Waals surface area contributed by atoms with Crippen molar-refractivity contribution in [1.29, 1.82) is 0 Å². The Morgan fingerprint density at radius 1 is 1.58 bits per heavy atom. The summed E-state index contributed by atoms with van der Waals surface area (Å²) in [6, 6.07) is 0.471. The van der Waals surface area contributed by atoms with E-state index in [0.717, 1.165) is 19.3 Å². The highest BCUT2D eigenvalue weighted by Gasteiger charge is 2.23. The van der Waals surface area contributed by atoms with E-state index in [0.29, 0.717) is 12.5 Å². The lowest BCUT2D eigenvalue weighted by molar-refractivity contribution is -0.121. The fourth-order valence-corrected chi connectivity index (χ4v) is 0.963. The van der Waals surface area contributed by atoms with Gasteiger partial charge in [0.2, 0.25) is 5.91 Å². The predicted molar refractivity (Wildman–Crippen MR) is 48.7 cm³/mol. The highest BCUT2D eigenvalue weighted by molar-refractivity contribution is 5.76. The fraction of sp³-hybridized carbons (Fsp3) is 0.889. The van der Waals surface area contributed by atoms with Crippen molar-refractivity contribution in [3.8, 4) is 0 Å². The summed E-state index contributed by atoms with van der Waals surface area (Å²) >= 11 is 0. The number of nitrogens with two attached hydrogens (primary N) is 1. The van der Waals surface area contributed by atoms with E-state index in [-0.39, 0.29) is 11.4 Å². The van der Waals surface area contributed by atoms with Crippen LogP contribution in [0.25, 0.3) is 0 Å². The van der Waals surface area contributed by atoms with Crippen molar-refractivity contribution >= 4 is 5.91 Å². The Hall–Kier alpha value is -0.570. The van der Waals surface area contributed by atoms with Gasteiger partial charge in [-0.2, -0.15) is 0 Å². The molecule has 1 rings (SSSR count). The van der Waals surface area contributed by atoms with Crippen LogP contribution in [-0.2, 0) is 4.79 Å². The highest BCUT2D eigenvalue weighted by Crippen LogP contribution is 2.19. The van der Waals surface area contributed by atoms with Gasteiger partial charge in [-0.1, -0.05) is 0 Å². The third-order valence-corrected chi connectivity index (χ3v) is 1.94. The number of hydrogen-bond donors (Lipinski definition) is 2. The lowest BCUT2D eigenvalue weighted by Crippen LogP contribution is -2.34. The van der Waals surface area contributed by atoms with Gasteiger partial charge < -0.3 is 11.1 Å². The van der Waals surface area contributed by atoms with Crippen molar-refractivity contribution in [1.82, 2.24) is 5.32 Å². The normalized spacial score (nSPS) is 17.6. The zero-order valence-electron chi connectivity index (χ0n) is 7.89. The zero-order valence-corrected chi connectivity index (χ0v) is 7.89. The van der Waals surface area contributed by atoms with E-state index >= 15 is 0 Å². The second-order valence-electron chi connectivity index (χ2n) is 4.33. The van der Waals surface area contributed by atoms with Crippen LogP contribution in [-0.4, -0.2) is 17.5 Å². The number of amides is 1. The van der Waals surface area contributed by atoms with Crippen molar-refractivity contribution in [3.05, 3.63) is 0 Å². The molecule has 0 atom stereocenters. The van der Waals surface area contributed by atoms with Crippen molar-refractivity contribution in [3.63, 3.8) is 0 Å². The number of nitrogens with one attached hydrogen (secondary N) is 1. The van der Waals surface area contributed by atoms with Crippen molar-refractivity contribution < 1.29 is 4.79 Å². The van der Waals surface area contributed by atoms with Crippen LogP contribution in [0.2, 0.25) is 0 Å². The first-order valence-electron chi connectivity index (χ1n) is 4.56. The summed E-state index contributed by atoms with van der Waals surface area (Å²) in [4.78, 5) is 11.2. The van der Waals surface area contributed by atoms with E-state index in [9.17, 15) is 4.79 Å². The quantitative estimate of drug-likeness (QED) is 0.655. The summed E-state index contributed by atoms with van der Waals surface area (Å²) in [6.45, 7) is 3.88.